The summed E-state index contributed by atoms with van der Waals surface area (Å²) in [7, 11) is 0. The predicted molar refractivity (Wildman–Crippen MR) is 78.1 cm³/mol. The fourth-order valence-electron chi connectivity index (χ4n) is 2.02. The second-order valence-electron chi connectivity index (χ2n) is 5.24. The Hall–Kier alpha value is -2.23. The summed E-state index contributed by atoms with van der Waals surface area (Å²) >= 11 is 0. The number of benzene rings is 2. The van der Waals surface area contributed by atoms with Gasteiger partial charge in [0.15, 0.2) is 0 Å². The molecule has 0 radical (unpaired) electrons. The maximum absolute atomic E-state index is 13.0. The molecular weight excluding hydrogens is 272 g/mol. The molecule has 0 heterocycles. The number of halogens is 2. The Labute approximate surface area is 122 Å². The SMILES string of the molecule is CC(C)c1ccc(C(=O)NCc2cc(F)cc(F)c2)cc1. The van der Waals surface area contributed by atoms with Gasteiger partial charge in [0.1, 0.15) is 11.6 Å². The summed E-state index contributed by atoms with van der Waals surface area (Å²) < 4.78 is 26.1. The van der Waals surface area contributed by atoms with Crippen LogP contribution in [0, 0.1) is 11.6 Å². The highest BCUT2D eigenvalue weighted by molar-refractivity contribution is 5.94. The van der Waals surface area contributed by atoms with Gasteiger partial charge in [-0.25, -0.2) is 8.78 Å². The summed E-state index contributed by atoms with van der Waals surface area (Å²) in [6, 6.07) is 10.5. The number of carbonyl (C=O) groups excluding carboxylic acids is 1. The number of nitrogens with one attached hydrogen (secondary N) is 1. The number of amides is 1. The van der Waals surface area contributed by atoms with Crippen molar-refractivity contribution >= 4 is 5.91 Å². The molecule has 0 unspecified atom stereocenters. The summed E-state index contributed by atoms with van der Waals surface area (Å²) in [6.45, 7) is 4.24. The zero-order valence-electron chi connectivity index (χ0n) is 12.0. The monoisotopic (exact) mass is 289 g/mol. The molecule has 0 spiro atoms. The van der Waals surface area contributed by atoms with Crippen LogP contribution in [0.2, 0.25) is 0 Å². The minimum absolute atomic E-state index is 0.0828. The molecular formula is C17H17F2NO. The molecule has 2 nitrogen and oxygen atoms in total. The van der Waals surface area contributed by atoms with Gasteiger partial charge in [-0.1, -0.05) is 26.0 Å². The average molecular weight is 289 g/mol. The lowest BCUT2D eigenvalue weighted by Gasteiger charge is -2.08. The van der Waals surface area contributed by atoms with E-state index in [-0.39, 0.29) is 12.5 Å². The molecule has 21 heavy (non-hydrogen) atoms. The first-order valence-electron chi connectivity index (χ1n) is 6.79. The largest absolute Gasteiger partial charge is 0.348 e. The van der Waals surface area contributed by atoms with Crippen LogP contribution in [0.4, 0.5) is 8.78 Å². The molecule has 2 rings (SSSR count). The summed E-state index contributed by atoms with van der Waals surface area (Å²) in [5.74, 6) is -1.17. The Morgan fingerprint density at radius 3 is 2.14 bits per heavy atom. The van der Waals surface area contributed by atoms with Crippen molar-refractivity contribution in [3.63, 3.8) is 0 Å². The van der Waals surface area contributed by atoms with Crippen LogP contribution in [-0.4, -0.2) is 5.91 Å². The Bertz CT molecular complexity index is 615. The molecule has 2 aromatic rings. The quantitative estimate of drug-likeness (QED) is 0.905. The van der Waals surface area contributed by atoms with E-state index in [1.54, 1.807) is 12.1 Å². The van der Waals surface area contributed by atoms with E-state index in [2.05, 4.69) is 19.2 Å². The molecule has 0 saturated carbocycles. The standard InChI is InChI=1S/C17H17F2NO/c1-11(2)13-3-5-14(6-4-13)17(21)20-10-12-7-15(18)9-16(19)8-12/h3-9,11H,10H2,1-2H3,(H,20,21). The van der Waals surface area contributed by atoms with Gasteiger partial charge in [-0.05, 0) is 41.3 Å². The van der Waals surface area contributed by atoms with E-state index in [4.69, 9.17) is 0 Å². The number of carbonyl (C=O) groups is 1. The Kier molecular flexibility index (Phi) is 4.68. The first-order valence-corrected chi connectivity index (χ1v) is 6.79. The maximum atomic E-state index is 13.0. The van der Waals surface area contributed by atoms with Crippen molar-refractivity contribution in [2.24, 2.45) is 0 Å². The first-order chi connectivity index (χ1) is 9.95. The predicted octanol–water partition coefficient (Wildman–Crippen LogP) is 4.02. The van der Waals surface area contributed by atoms with E-state index >= 15 is 0 Å². The van der Waals surface area contributed by atoms with Gasteiger partial charge in [0.2, 0.25) is 0 Å². The lowest BCUT2D eigenvalue weighted by Crippen LogP contribution is -2.22. The van der Waals surface area contributed by atoms with Crippen molar-refractivity contribution in [2.75, 3.05) is 0 Å². The molecule has 0 fully saturated rings. The van der Waals surface area contributed by atoms with Crippen LogP contribution in [0.25, 0.3) is 0 Å². The first kappa shape index (κ1) is 15.2. The van der Waals surface area contributed by atoms with Crippen LogP contribution in [0.1, 0.15) is 41.3 Å². The van der Waals surface area contributed by atoms with Crippen molar-refractivity contribution < 1.29 is 13.6 Å². The van der Waals surface area contributed by atoms with E-state index in [1.165, 1.54) is 12.1 Å². The molecule has 0 aliphatic heterocycles. The third-order valence-corrected chi connectivity index (χ3v) is 3.21. The molecule has 2 aromatic carbocycles. The summed E-state index contributed by atoms with van der Waals surface area (Å²) in [6.07, 6.45) is 0. The van der Waals surface area contributed by atoms with E-state index in [1.807, 2.05) is 12.1 Å². The number of rotatable bonds is 4. The van der Waals surface area contributed by atoms with E-state index < -0.39 is 11.6 Å². The van der Waals surface area contributed by atoms with Gasteiger partial charge < -0.3 is 5.32 Å². The van der Waals surface area contributed by atoms with Gasteiger partial charge in [-0.15, -0.1) is 0 Å². The normalized spacial score (nSPS) is 10.7. The Morgan fingerprint density at radius 1 is 1.05 bits per heavy atom. The molecule has 4 heteroatoms. The second-order valence-corrected chi connectivity index (χ2v) is 5.24. The minimum Gasteiger partial charge on any atom is -0.348 e. The van der Waals surface area contributed by atoms with Crippen LogP contribution in [0.3, 0.4) is 0 Å². The molecule has 0 aliphatic rings. The maximum Gasteiger partial charge on any atom is 0.251 e. The van der Waals surface area contributed by atoms with E-state index in [0.717, 1.165) is 11.6 Å². The molecule has 1 N–H and O–H groups in total. The Balaban J connectivity index is 2.01. The van der Waals surface area contributed by atoms with Crippen LogP contribution < -0.4 is 5.32 Å². The number of hydrogen-bond acceptors (Lipinski definition) is 1. The number of hydrogen-bond donors (Lipinski definition) is 1. The molecule has 0 aliphatic carbocycles. The lowest BCUT2D eigenvalue weighted by molar-refractivity contribution is 0.0950. The van der Waals surface area contributed by atoms with Crippen molar-refractivity contribution in [1.29, 1.82) is 0 Å². The third kappa shape index (κ3) is 4.12. The van der Waals surface area contributed by atoms with E-state index in [0.29, 0.717) is 17.0 Å². The van der Waals surface area contributed by atoms with Gasteiger partial charge in [0.25, 0.3) is 5.91 Å². The summed E-state index contributed by atoms with van der Waals surface area (Å²) in [5, 5.41) is 2.65. The molecule has 110 valence electrons. The van der Waals surface area contributed by atoms with E-state index in [9.17, 15) is 13.6 Å². The van der Waals surface area contributed by atoms with Crippen LogP contribution in [0.15, 0.2) is 42.5 Å². The molecule has 0 bridgehead atoms. The average Bonchev–Trinajstić information content (AvgIpc) is 2.44. The summed E-state index contributed by atoms with van der Waals surface area (Å²) in [4.78, 5) is 12.0. The molecule has 0 aromatic heterocycles. The fraction of sp³-hybridized carbons (Fsp3) is 0.235. The van der Waals surface area contributed by atoms with Gasteiger partial charge in [0, 0.05) is 18.2 Å². The highest BCUT2D eigenvalue weighted by atomic mass is 19.1. The Morgan fingerprint density at radius 2 is 1.62 bits per heavy atom. The van der Waals surface area contributed by atoms with Crippen LogP contribution in [-0.2, 0) is 6.54 Å². The van der Waals surface area contributed by atoms with Crippen molar-refractivity contribution in [3.05, 3.63) is 70.8 Å². The van der Waals surface area contributed by atoms with Crippen LogP contribution >= 0.6 is 0 Å². The topological polar surface area (TPSA) is 29.1 Å². The zero-order chi connectivity index (χ0) is 15.4. The van der Waals surface area contributed by atoms with Gasteiger partial charge in [-0.2, -0.15) is 0 Å². The smallest absolute Gasteiger partial charge is 0.251 e. The van der Waals surface area contributed by atoms with Crippen LogP contribution in [0.5, 0.6) is 0 Å². The fourth-order valence-corrected chi connectivity index (χ4v) is 2.02. The zero-order valence-corrected chi connectivity index (χ0v) is 12.0. The second kappa shape index (κ2) is 6.48. The molecule has 1 amide bonds. The molecule has 0 saturated heterocycles. The van der Waals surface area contributed by atoms with Gasteiger partial charge in [0.05, 0.1) is 0 Å². The summed E-state index contributed by atoms with van der Waals surface area (Å²) in [5.41, 5.74) is 2.06. The van der Waals surface area contributed by atoms with Crippen molar-refractivity contribution in [3.8, 4) is 0 Å². The lowest BCUT2D eigenvalue weighted by atomic mass is 10.0. The minimum atomic E-state index is -0.652. The molecule has 0 atom stereocenters. The van der Waals surface area contributed by atoms with Crippen molar-refractivity contribution in [2.45, 2.75) is 26.3 Å². The van der Waals surface area contributed by atoms with Gasteiger partial charge >= 0.3 is 0 Å². The highest BCUT2D eigenvalue weighted by Crippen LogP contribution is 2.15. The highest BCUT2D eigenvalue weighted by Gasteiger charge is 2.07. The van der Waals surface area contributed by atoms with Crippen molar-refractivity contribution in [1.82, 2.24) is 5.32 Å². The third-order valence-electron chi connectivity index (χ3n) is 3.21. The van der Waals surface area contributed by atoms with Gasteiger partial charge in [-0.3, -0.25) is 4.79 Å².